The Hall–Kier alpha value is -1.77. The molecule has 0 spiro atoms. The number of rotatable bonds is 6. The van der Waals surface area contributed by atoms with Gasteiger partial charge in [0.05, 0.1) is 29.5 Å². The third kappa shape index (κ3) is 3.82. The number of fused-ring (bicyclic) bond motifs is 1. The first-order valence-electron chi connectivity index (χ1n) is 7.96. The molecule has 1 atom stereocenters. The van der Waals surface area contributed by atoms with E-state index in [2.05, 4.69) is 15.0 Å². The van der Waals surface area contributed by atoms with E-state index in [1.165, 1.54) is 10.6 Å². The highest BCUT2D eigenvalue weighted by Gasteiger charge is 2.26. The van der Waals surface area contributed by atoms with E-state index < -0.39 is 0 Å². The molecule has 2 aromatic heterocycles. The Morgan fingerprint density at radius 1 is 1.50 bits per heavy atom. The Kier molecular flexibility index (Phi) is 5.27. The zero-order chi connectivity index (χ0) is 17.1. The summed E-state index contributed by atoms with van der Waals surface area (Å²) in [5.41, 5.74) is 4.17. The van der Waals surface area contributed by atoms with E-state index in [1.54, 1.807) is 30.3 Å². The van der Waals surface area contributed by atoms with Crippen LogP contribution in [0.1, 0.15) is 22.3 Å². The second-order valence-electron chi connectivity index (χ2n) is 6.25. The number of likely N-dealkylation sites (N-methyl/N-ethyl adjacent to an activating group) is 1. The van der Waals surface area contributed by atoms with Crippen LogP contribution in [0.3, 0.4) is 0 Å². The average Bonchev–Trinajstić information content (AvgIpc) is 3.16. The van der Waals surface area contributed by atoms with E-state index in [9.17, 15) is 4.79 Å². The van der Waals surface area contributed by atoms with E-state index in [1.807, 2.05) is 29.4 Å². The summed E-state index contributed by atoms with van der Waals surface area (Å²) < 4.78 is 7.67. The predicted molar refractivity (Wildman–Crippen MR) is 91.7 cm³/mol. The number of hydrogen-bond acceptors (Lipinski definition) is 6. The second kappa shape index (κ2) is 7.42. The van der Waals surface area contributed by atoms with Crippen molar-refractivity contribution >= 4 is 17.2 Å². The van der Waals surface area contributed by atoms with E-state index >= 15 is 0 Å². The third-order valence-electron chi connectivity index (χ3n) is 4.20. The summed E-state index contributed by atoms with van der Waals surface area (Å²) in [6.07, 6.45) is 1.83. The summed E-state index contributed by atoms with van der Waals surface area (Å²) in [5, 5.41) is 4.43. The molecule has 3 heterocycles. The number of carbonyl (C=O) groups excluding carboxylic acids is 1. The maximum Gasteiger partial charge on any atom is 0.248 e. The van der Waals surface area contributed by atoms with E-state index in [-0.39, 0.29) is 18.6 Å². The molecule has 3 rings (SSSR count). The molecule has 24 heavy (non-hydrogen) atoms. The molecule has 0 N–H and O–H groups in total. The van der Waals surface area contributed by atoms with Crippen molar-refractivity contribution < 1.29 is 9.53 Å². The Morgan fingerprint density at radius 3 is 3.04 bits per heavy atom. The van der Waals surface area contributed by atoms with Crippen molar-refractivity contribution in [1.29, 1.82) is 0 Å². The van der Waals surface area contributed by atoms with Crippen LogP contribution in [0.15, 0.2) is 17.8 Å². The van der Waals surface area contributed by atoms with E-state index in [0.29, 0.717) is 6.61 Å². The summed E-state index contributed by atoms with van der Waals surface area (Å²) in [6, 6.07) is 2.16. The van der Waals surface area contributed by atoms with Crippen LogP contribution in [0.5, 0.6) is 0 Å². The van der Waals surface area contributed by atoms with Gasteiger partial charge >= 0.3 is 0 Å². The maximum atomic E-state index is 11.7. The van der Waals surface area contributed by atoms with Crippen molar-refractivity contribution in [2.24, 2.45) is 0 Å². The van der Waals surface area contributed by atoms with Crippen LogP contribution < -0.4 is 0 Å². The van der Waals surface area contributed by atoms with Crippen LogP contribution in [0.4, 0.5) is 0 Å². The fourth-order valence-electron chi connectivity index (χ4n) is 2.80. The zero-order valence-electron chi connectivity index (χ0n) is 14.3. The topological polar surface area (TPSA) is 63.5 Å². The van der Waals surface area contributed by atoms with Crippen LogP contribution in [0.2, 0.25) is 0 Å². The highest BCUT2D eigenvalue weighted by atomic mass is 32.1. The lowest BCUT2D eigenvalue weighted by atomic mass is 10.2. The molecule has 0 aromatic carbocycles. The van der Waals surface area contributed by atoms with Gasteiger partial charge in [0.15, 0.2) is 0 Å². The molecule has 0 saturated heterocycles. The standard InChI is InChI=1S/C16H23N5O2S/c1-12-15(24-11-17-12)8-20-6-13-4-5-18-21(13)14(7-20)9-23-10-16(22)19(2)3/h4-5,11,14H,6-10H2,1-3H3. The lowest BCUT2D eigenvalue weighted by Gasteiger charge is -2.33. The van der Waals surface area contributed by atoms with E-state index in [0.717, 1.165) is 25.3 Å². The number of aromatic nitrogens is 3. The second-order valence-corrected chi connectivity index (χ2v) is 7.19. The van der Waals surface area contributed by atoms with Crippen molar-refractivity contribution in [1.82, 2.24) is 24.6 Å². The maximum absolute atomic E-state index is 11.7. The molecule has 1 unspecified atom stereocenters. The molecule has 2 aromatic rings. The van der Waals surface area contributed by atoms with Gasteiger partial charge in [0.25, 0.3) is 0 Å². The molecule has 0 bridgehead atoms. The van der Waals surface area contributed by atoms with Crippen LogP contribution in [-0.2, 0) is 22.6 Å². The Balaban J connectivity index is 1.63. The molecule has 1 amide bonds. The molecule has 0 radical (unpaired) electrons. The van der Waals surface area contributed by atoms with Crippen LogP contribution in [0, 0.1) is 6.92 Å². The Bertz CT molecular complexity index is 696. The van der Waals surface area contributed by atoms with Crippen LogP contribution in [0.25, 0.3) is 0 Å². The third-order valence-corrected chi connectivity index (χ3v) is 5.12. The predicted octanol–water partition coefficient (Wildman–Crippen LogP) is 1.31. The van der Waals surface area contributed by atoms with Gasteiger partial charge in [0.2, 0.25) is 5.91 Å². The molecular formula is C16H23N5O2S. The molecule has 0 aliphatic carbocycles. The zero-order valence-corrected chi connectivity index (χ0v) is 15.1. The first-order chi connectivity index (χ1) is 11.5. The van der Waals surface area contributed by atoms with Gasteiger partial charge in [-0.1, -0.05) is 0 Å². The van der Waals surface area contributed by atoms with Gasteiger partial charge in [0, 0.05) is 44.8 Å². The smallest absolute Gasteiger partial charge is 0.248 e. The van der Waals surface area contributed by atoms with Crippen molar-refractivity contribution in [3.8, 4) is 0 Å². The summed E-state index contributed by atoms with van der Waals surface area (Å²) in [4.78, 5) is 21.2. The summed E-state index contributed by atoms with van der Waals surface area (Å²) in [7, 11) is 3.47. The first-order valence-corrected chi connectivity index (χ1v) is 8.84. The quantitative estimate of drug-likeness (QED) is 0.787. The fraction of sp³-hybridized carbons (Fsp3) is 0.562. The Labute approximate surface area is 145 Å². The normalized spacial score (nSPS) is 17.7. The SMILES string of the molecule is Cc1ncsc1CN1Cc2ccnn2C(COCC(=O)N(C)C)C1. The van der Waals surface area contributed by atoms with Crippen molar-refractivity contribution in [3.05, 3.63) is 34.0 Å². The summed E-state index contributed by atoms with van der Waals surface area (Å²) in [5.74, 6) is -0.0244. The molecule has 7 nitrogen and oxygen atoms in total. The molecule has 130 valence electrons. The van der Waals surface area contributed by atoms with Crippen LogP contribution >= 0.6 is 11.3 Å². The fourth-order valence-corrected chi connectivity index (χ4v) is 3.62. The van der Waals surface area contributed by atoms with Gasteiger partial charge in [-0.3, -0.25) is 14.4 Å². The summed E-state index contributed by atoms with van der Waals surface area (Å²) >= 11 is 1.70. The molecule has 1 aliphatic rings. The minimum absolute atomic E-state index is 0.0244. The van der Waals surface area contributed by atoms with Gasteiger partial charge in [0.1, 0.15) is 6.61 Å². The lowest BCUT2D eigenvalue weighted by molar-refractivity contribution is -0.134. The minimum atomic E-state index is -0.0244. The number of thiazole rings is 1. The van der Waals surface area contributed by atoms with Gasteiger partial charge in [-0.15, -0.1) is 11.3 Å². The average molecular weight is 349 g/mol. The van der Waals surface area contributed by atoms with Crippen molar-refractivity contribution in [2.75, 3.05) is 33.9 Å². The molecular weight excluding hydrogens is 326 g/mol. The van der Waals surface area contributed by atoms with Gasteiger partial charge < -0.3 is 9.64 Å². The number of carbonyl (C=O) groups is 1. The minimum Gasteiger partial charge on any atom is -0.369 e. The number of hydrogen-bond donors (Lipinski definition) is 0. The largest absolute Gasteiger partial charge is 0.369 e. The van der Waals surface area contributed by atoms with Gasteiger partial charge in [-0.25, -0.2) is 4.98 Å². The molecule has 8 heteroatoms. The highest BCUT2D eigenvalue weighted by molar-refractivity contribution is 7.09. The van der Waals surface area contributed by atoms with Gasteiger partial charge in [-0.05, 0) is 13.0 Å². The number of ether oxygens (including phenoxy) is 1. The number of nitrogens with zero attached hydrogens (tertiary/aromatic N) is 5. The Morgan fingerprint density at radius 2 is 2.33 bits per heavy atom. The first kappa shape index (κ1) is 17.1. The lowest BCUT2D eigenvalue weighted by Crippen LogP contribution is -2.39. The highest BCUT2D eigenvalue weighted by Crippen LogP contribution is 2.24. The molecule has 0 fully saturated rings. The molecule has 0 saturated carbocycles. The molecule has 1 aliphatic heterocycles. The van der Waals surface area contributed by atoms with Crippen molar-refractivity contribution in [3.63, 3.8) is 0 Å². The number of amides is 1. The number of aryl methyl sites for hydroxylation is 1. The monoisotopic (exact) mass is 349 g/mol. The van der Waals surface area contributed by atoms with Crippen molar-refractivity contribution in [2.45, 2.75) is 26.1 Å². The van der Waals surface area contributed by atoms with Crippen LogP contribution in [-0.4, -0.2) is 64.3 Å². The summed E-state index contributed by atoms with van der Waals surface area (Å²) in [6.45, 7) is 5.23. The van der Waals surface area contributed by atoms with Gasteiger partial charge in [-0.2, -0.15) is 5.10 Å². The van der Waals surface area contributed by atoms with E-state index in [4.69, 9.17) is 4.74 Å².